The molecule has 1 aliphatic rings. The molecule has 4 nitrogen and oxygen atoms in total. The minimum atomic E-state index is -0.441. The first kappa shape index (κ1) is 22.0. The maximum absolute atomic E-state index is 12.8. The van der Waals surface area contributed by atoms with E-state index in [4.69, 9.17) is 11.6 Å². The van der Waals surface area contributed by atoms with Crippen molar-refractivity contribution in [2.75, 3.05) is 13.1 Å². The largest absolute Gasteiger partial charge is 0.391 e. The predicted octanol–water partition coefficient (Wildman–Crippen LogP) is 6.02. The number of hydrogen-bond acceptors (Lipinski definition) is 4. The minimum Gasteiger partial charge on any atom is -0.391 e. The Kier molecular flexibility index (Phi) is 6.20. The number of likely N-dealkylation sites (tertiary alicyclic amines) is 1. The summed E-state index contributed by atoms with van der Waals surface area (Å²) in [5.41, 5.74) is 4.79. The molecule has 1 aliphatic heterocycles. The molecule has 3 heterocycles. The van der Waals surface area contributed by atoms with Gasteiger partial charge in [0.15, 0.2) is 0 Å². The van der Waals surface area contributed by atoms with Crippen molar-refractivity contribution in [2.24, 2.45) is 0 Å². The monoisotopic (exact) mass is 454 g/mol. The molecule has 1 N–H and O–H groups in total. The van der Waals surface area contributed by atoms with E-state index in [0.29, 0.717) is 23.7 Å². The maximum atomic E-state index is 12.8. The molecular weight excluding hydrogens is 428 g/mol. The highest BCUT2D eigenvalue weighted by Crippen LogP contribution is 2.37. The van der Waals surface area contributed by atoms with E-state index in [1.807, 2.05) is 24.4 Å². The molecule has 31 heavy (non-hydrogen) atoms. The molecule has 1 fully saturated rings. The second kappa shape index (κ2) is 8.73. The third-order valence-electron chi connectivity index (χ3n) is 5.63. The van der Waals surface area contributed by atoms with Crippen molar-refractivity contribution >= 4 is 28.8 Å². The molecule has 0 radical (unpaired) electrons. The predicted molar refractivity (Wildman–Crippen MR) is 128 cm³/mol. The standard InChI is InChI=1S/C25H27ClN2O2S/c1-25(2,3)23-13-16(8-9-27-23)18-12-22(31-15-18)20-7-6-17(11-21(20)26)24(30)28-10-4-5-19(29)14-28/h6-9,11-13,15,19,29H,4-5,10,14H2,1-3H3. The summed E-state index contributed by atoms with van der Waals surface area (Å²) >= 11 is 8.23. The second-order valence-corrected chi connectivity index (χ2v) is 10.4. The molecule has 1 saturated heterocycles. The second-order valence-electron chi connectivity index (χ2n) is 9.12. The van der Waals surface area contributed by atoms with Gasteiger partial charge in [-0.25, -0.2) is 0 Å². The van der Waals surface area contributed by atoms with Crippen LogP contribution in [0, 0.1) is 0 Å². The van der Waals surface area contributed by atoms with E-state index in [-0.39, 0.29) is 11.3 Å². The van der Waals surface area contributed by atoms with Gasteiger partial charge in [-0.15, -0.1) is 11.3 Å². The van der Waals surface area contributed by atoms with E-state index in [1.54, 1.807) is 22.3 Å². The molecule has 1 unspecified atom stereocenters. The SMILES string of the molecule is CC(C)(C)c1cc(-c2csc(-c3ccc(C(=O)N4CCCC(O)C4)cc3Cl)c2)ccn1. The van der Waals surface area contributed by atoms with E-state index < -0.39 is 6.10 Å². The topological polar surface area (TPSA) is 53.4 Å². The van der Waals surface area contributed by atoms with Gasteiger partial charge in [-0.3, -0.25) is 9.78 Å². The van der Waals surface area contributed by atoms with Crippen molar-refractivity contribution in [1.82, 2.24) is 9.88 Å². The van der Waals surface area contributed by atoms with Crippen LogP contribution in [0.5, 0.6) is 0 Å². The lowest BCUT2D eigenvalue weighted by Gasteiger charge is -2.30. The minimum absolute atomic E-state index is 0.00899. The number of rotatable bonds is 3. The van der Waals surface area contributed by atoms with E-state index in [1.165, 1.54) is 0 Å². The summed E-state index contributed by atoms with van der Waals surface area (Å²) in [6, 6.07) is 11.8. The van der Waals surface area contributed by atoms with Crippen LogP contribution in [0.3, 0.4) is 0 Å². The van der Waals surface area contributed by atoms with E-state index in [2.05, 4.69) is 43.3 Å². The van der Waals surface area contributed by atoms with Crippen molar-refractivity contribution in [3.63, 3.8) is 0 Å². The average Bonchev–Trinajstić information content (AvgIpc) is 3.22. The molecule has 4 rings (SSSR count). The third kappa shape index (κ3) is 4.84. The number of pyridine rings is 1. The van der Waals surface area contributed by atoms with Crippen molar-refractivity contribution in [3.8, 4) is 21.6 Å². The summed E-state index contributed by atoms with van der Waals surface area (Å²) in [5, 5.41) is 12.5. The normalized spacial score (nSPS) is 17.1. The number of nitrogens with zero attached hydrogens (tertiary/aromatic N) is 2. The Morgan fingerprint density at radius 3 is 2.71 bits per heavy atom. The van der Waals surface area contributed by atoms with Gasteiger partial charge < -0.3 is 10.0 Å². The molecule has 0 bridgehead atoms. The smallest absolute Gasteiger partial charge is 0.253 e. The fraction of sp³-hybridized carbons (Fsp3) is 0.360. The van der Waals surface area contributed by atoms with Crippen molar-refractivity contribution in [2.45, 2.75) is 45.1 Å². The van der Waals surface area contributed by atoms with Crippen LogP contribution >= 0.6 is 22.9 Å². The number of carbonyl (C=O) groups excluding carboxylic acids is 1. The highest BCUT2D eigenvalue weighted by Gasteiger charge is 2.24. The summed E-state index contributed by atoms with van der Waals surface area (Å²) in [4.78, 5) is 20.1. The molecule has 2 aromatic heterocycles. The van der Waals surface area contributed by atoms with E-state index >= 15 is 0 Å². The van der Waals surface area contributed by atoms with Gasteiger partial charge >= 0.3 is 0 Å². The molecule has 1 aromatic carbocycles. The number of thiophene rings is 1. The number of aliphatic hydroxyl groups is 1. The maximum Gasteiger partial charge on any atom is 0.253 e. The number of carbonyl (C=O) groups is 1. The summed E-state index contributed by atoms with van der Waals surface area (Å²) in [6.07, 6.45) is 2.99. The molecule has 3 aromatic rings. The number of hydrogen-bond donors (Lipinski definition) is 1. The highest BCUT2D eigenvalue weighted by atomic mass is 35.5. The van der Waals surface area contributed by atoms with Gasteiger partial charge in [0.05, 0.1) is 11.1 Å². The zero-order valence-corrected chi connectivity index (χ0v) is 19.6. The Labute approximate surface area is 192 Å². The van der Waals surface area contributed by atoms with Crippen molar-refractivity contribution in [3.05, 3.63) is 64.3 Å². The van der Waals surface area contributed by atoms with Gasteiger partial charge in [-0.2, -0.15) is 0 Å². The zero-order chi connectivity index (χ0) is 22.2. The number of amides is 1. The fourth-order valence-corrected chi connectivity index (χ4v) is 5.12. The first-order valence-corrected chi connectivity index (χ1v) is 11.8. The fourth-order valence-electron chi connectivity index (χ4n) is 3.82. The molecule has 6 heteroatoms. The van der Waals surface area contributed by atoms with Crippen LogP contribution in [-0.2, 0) is 5.41 Å². The van der Waals surface area contributed by atoms with Crippen LogP contribution < -0.4 is 0 Å². The number of halogens is 1. The molecule has 1 amide bonds. The Balaban J connectivity index is 1.57. The molecular formula is C25H27ClN2O2S. The van der Waals surface area contributed by atoms with Gasteiger partial charge in [0.1, 0.15) is 0 Å². The van der Waals surface area contributed by atoms with Crippen molar-refractivity contribution in [1.29, 1.82) is 0 Å². The molecule has 0 aliphatic carbocycles. The molecule has 1 atom stereocenters. The third-order valence-corrected chi connectivity index (χ3v) is 6.90. The van der Waals surface area contributed by atoms with Crippen LogP contribution in [0.25, 0.3) is 21.6 Å². The van der Waals surface area contributed by atoms with Crippen LogP contribution in [0.2, 0.25) is 5.02 Å². The summed E-state index contributed by atoms with van der Waals surface area (Å²) in [5.74, 6) is -0.0782. The lowest BCUT2D eigenvalue weighted by molar-refractivity contribution is 0.0474. The lowest BCUT2D eigenvalue weighted by atomic mass is 9.90. The quantitative estimate of drug-likeness (QED) is 0.526. The Hall–Kier alpha value is -2.21. The number of piperidine rings is 1. The van der Waals surface area contributed by atoms with Crippen molar-refractivity contribution < 1.29 is 9.90 Å². The number of aromatic nitrogens is 1. The van der Waals surface area contributed by atoms with Gasteiger partial charge in [-0.1, -0.05) is 38.4 Å². The summed E-state index contributed by atoms with van der Waals surface area (Å²) < 4.78 is 0. The van der Waals surface area contributed by atoms with Crippen LogP contribution in [0.15, 0.2) is 48.0 Å². The molecule has 0 spiro atoms. The lowest BCUT2D eigenvalue weighted by Crippen LogP contribution is -2.42. The average molecular weight is 455 g/mol. The molecule has 162 valence electrons. The number of β-amino-alcohol motifs (C(OH)–C–C–N with tert-alkyl or cyclic N) is 1. The summed E-state index contributed by atoms with van der Waals surface area (Å²) in [6.45, 7) is 7.53. The first-order valence-electron chi connectivity index (χ1n) is 10.5. The van der Waals surface area contributed by atoms with Gasteiger partial charge in [0, 0.05) is 46.4 Å². The van der Waals surface area contributed by atoms with E-state index in [9.17, 15) is 9.90 Å². The van der Waals surface area contributed by atoms with Gasteiger partial charge in [0.2, 0.25) is 0 Å². The zero-order valence-electron chi connectivity index (χ0n) is 18.1. The number of benzene rings is 1. The Bertz CT molecular complexity index is 1100. The first-order chi connectivity index (χ1) is 14.7. The van der Waals surface area contributed by atoms with Gasteiger partial charge in [0.25, 0.3) is 5.91 Å². The van der Waals surface area contributed by atoms with E-state index in [0.717, 1.165) is 40.1 Å². The van der Waals surface area contributed by atoms with Crippen LogP contribution in [-0.4, -0.2) is 40.1 Å². The van der Waals surface area contributed by atoms with Gasteiger partial charge in [-0.05, 0) is 59.7 Å². The summed E-state index contributed by atoms with van der Waals surface area (Å²) in [7, 11) is 0. The number of aliphatic hydroxyl groups excluding tert-OH is 1. The van der Waals surface area contributed by atoms with Crippen LogP contribution in [0.1, 0.15) is 49.7 Å². The molecule has 0 saturated carbocycles. The van der Waals surface area contributed by atoms with Crippen LogP contribution in [0.4, 0.5) is 0 Å². The Morgan fingerprint density at radius 1 is 1.19 bits per heavy atom. The highest BCUT2D eigenvalue weighted by molar-refractivity contribution is 7.14. The Morgan fingerprint density at radius 2 is 2.00 bits per heavy atom.